The number of aryl methyl sites for hydroxylation is 1. The number of nitrogens with two attached hydrogens (primary N) is 2. The van der Waals surface area contributed by atoms with E-state index in [4.69, 9.17) is 20.8 Å². The molecular weight excluding hydrogens is 420 g/mol. The Balaban J connectivity index is 1.54. The molecule has 4 rings (SSSR count). The van der Waals surface area contributed by atoms with Crippen molar-refractivity contribution in [1.82, 2.24) is 20.1 Å². The van der Waals surface area contributed by atoms with E-state index in [1.54, 1.807) is 24.1 Å². The Morgan fingerprint density at radius 3 is 2.78 bits per heavy atom. The molecule has 2 aromatic heterocycles. The SMILES string of the molecule is CCc1nc(/C(N)=C(\COc2noc(C3CC3)n2)N(C)N)ccc1N1CCCC(F)(F)C1. The van der Waals surface area contributed by atoms with E-state index in [9.17, 15) is 8.78 Å². The number of nitrogens with zero attached hydrogens (tertiary/aromatic N) is 5. The van der Waals surface area contributed by atoms with Crippen molar-refractivity contribution in [2.45, 2.75) is 50.9 Å². The summed E-state index contributed by atoms with van der Waals surface area (Å²) in [6.07, 6.45) is 3.03. The molecule has 0 aromatic carbocycles. The molecule has 3 heterocycles. The highest BCUT2D eigenvalue weighted by molar-refractivity contribution is 5.65. The smallest absolute Gasteiger partial charge is 0.354 e. The molecule has 0 atom stereocenters. The lowest BCUT2D eigenvalue weighted by molar-refractivity contribution is -0.0117. The van der Waals surface area contributed by atoms with Gasteiger partial charge in [-0.1, -0.05) is 6.92 Å². The number of ether oxygens (including phenoxy) is 1. The summed E-state index contributed by atoms with van der Waals surface area (Å²) in [5.74, 6) is 4.19. The molecule has 11 heteroatoms. The predicted molar refractivity (Wildman–Crippen MR) is 115 cm³/mol. The molecule has 4 N–H and O–H groups in total. The number of alkyl halides is 2. The van der Waals surface area contributed by atoms with Gasteiger partial charge in [-0.05, 0) is 43.0 Å². The van der Waals surface area contributed by atoms with Crippen LogP contribution < -0.4 is 21.2 Å². The molecular formula is C21H29F2N7O2. The third-order valence-corrected chi connectivity index (χ3v) is 5.72. The molecule has 2 aliphatic rings. The molecule has 2 fully saturated rings. The normalized spacial score (nSPS) is 19.0. The number of hydrogen-bond acceptors (Lipinski definition) is 9. The highest BCUT2D eigenvalue weighted by atomic mass is 19.3. The van der Waals surface area contributed by atoms with Crippen molar-refractivity contribution in [2.24, 2.45) is 11.6 Å². The van der Waals surface area contributed by atoms with Gasteiger partial charge in [0.2, 0.25) is 5.89 Å². The molecule has 0 bridgehead atoms. The molecule has 0 amide bonds. The van der Waals surface area contributed by atoms with Crippen molar-refractivity contribution >= 4 is 11.4 Å². The second kappa shape index (κ2) is 8.89. The maximum Gasteiger partial charge on any atom is 0.354 e. The van der Waals surface area contributed by atoms with Crippen molar-refractivity contribution in [3.63, 3.8) is 0 Å². The Hall–Kier alpha value is -2.95. The molecule has 32 heavy (non-hydrogen) atoms. The van der Waals surface area contributed by atoms with Gasteiger partial charge >= 0.3 is 6.01 Å². The molecule has 1 aliphatic heterocycles. The Morgan fingerprint density at radius 1 is 1.34 bits per heavy atom. The number of anilines is 1. The lowest BCUT2D eigenvalue weighted by Gasteiger charge is -2.35. The molecule has 1 saturated heterocycles. The van der Waals surface area contributed by atoms with Crippen molar-refractivity contribution in [1.29, 1.82) is 0 Å². The number of rotatable bonds is 8. The highest BCUT2D eigenvalue weighted by Gasteiger charge is 2.36. The van der Waals surface area contributed by atoms with E-state index in [1.807, 2.05) is 6.92 Å². The van der Waals surface area contributed by atoms with Crippen LogP contribution in [0.25, 0.3) is 5.70 Å². The second-order valence-corrected chi connectivity index (χ2v) is 8.35. The van der Waals surface area contributed by atoms with Crippen molar-refractivity contribution in [3.8, 4) is 6.01 Å². The number of halogens is 2. The van der Waals surface area contributed by atoms with Crippen LogP contribution in [0, 0.1) is 0 Å². The van der Waals surface area contributed by atoms with Gasteiger partial charge < -0.3 is 24.9 Å². The van der Waals surface area contributed by atoms with Crippen LogP contribution in [0.2, 0.25) is 0 Å². The minimum atomic E-state index is -2.69. The van der Waals surface area contributed by atoms with Gasteiger partial charge in [-0.2, -0.15) is 4.98 Å². The summed E-state index contributed by atoms with van der Waals surface area (Å²) in [6.45, 7) is 2.23. The summed E-state index contributed by atoms with van der Waals surface area (Å²) in [4.78, 5) is 10.6. The number of pyridine rings is 1. The fraction of sp³-hybridized carbons (Fsp3) is 0.571. The average Bonchev–Trinajstić information content (AvgIpc) is 3.50. The molecule has 2 aromatic rings. The first-order chi connectivity index (χ1) is 15.3. The van der Waals surface area contributed by atoms with Crippen molar-refractivity contribution < 1.29 is 18.0 Å². The average molecular weight is 450 g/mol. The summed E-state index contributed by atoms with van der Waals surface area (Å²) in [5, 5.41) is 5.18. The first kappa shape index (κ1) is 22.3. The van der Waals surface area contributed by atoms with E-state index >= 15 is 0 Å². The fourth-order valence-electron chi connectivity index (χ4n) is 3.79. The van der Waals surface area contributed by atoms with Gasteiger partial charge in [-0.25, -0.2) is 19.6 Å². The summed E-state index contributed by atoms with van der Waals surface area (Å²) >= 11 is 0. The quantitative estimate of drug-likeness (QED) is 0.463. The van der Waals surface area contributed by atoms with E-state index in [-0.39, 0.29) is 25.6 Å². The van der Waals surface area contributed by atoms with E-state index < -0.39 is 5.92 Å². The van der Waals surface area contributed by atoms with Gasteiger partial charge in [-0.3, -0.25) is 0 Å². The van der Waals surface area contributed by atoms with Gasteiger partial charge in [0, 0.05) is 25.9 Å². The van der Waals surface area contributed by atoms with Crippen LogP contribution in [-0.2, 0) is 6.42 Å². The van der Waals surface area contributed by atoms with Crippen LogP contribution in [0.15, 0.2) is 22.4 Å². The van der Waals surface area contributed by atoms with Gasteiger partial charge in [-0.15, -0.1) is 0 Å². The first-order valence-electron chi connectivity index (χ1n) is 10.8. The Morgan fingerprint density at radius 2 is 2.12 bits per heavy atom. The molecule has 1 aliphatic carbocycles. The number of likely N-dealkylation sites (N-methyl/N-ethyl adjacent to an activating group) is 1. The molecule has 0 unspecified atom stereocenters. The molecule has 0 spiro atoms. The van der Waals surface area contributed by atoms with Gasteiger partial charge in [0.15, 0.2) is 0 Å². The third-order valence-electron chi connectivity index (χ3n) is 5.72. The minimum absolute atomic E-state index is 0.0196. The zero-order valence-electron chi connectivity index (χ0n) is 18.4. The Kier molecular flexibility index (Phi) is 6.18. The van der Waals surface area contributed by atoms with E-state index in [1.165, 1.54) is 5.01 Å². The molecule has 0 radical (unpaired) electrons. The summed E-state index contributed by atoms with van der Waals surface area (Å²) in [5.41, 5.74) is 9.10. The Bertz CT molecular complexity index is 988. The zero-order valence-corrected chi connectivity index (χ0v) is 18.4. The lowest BCUT2D eigenvalue weighted by atomic mass is 10.1. The van der Waals surface area contributed by atoms with E-state index in [0.29, 0.717) is 59.7 Å². The summed E-state index contributed by atoms with van der Waals surface area (Å²) in [6, 6.07) is 3.65. The van der Waals surface area contributed by atoms with Crippen molar-refractivity contribution in [3.05, 3.63) is 35.1 Å². The third kappa shape index (κ3) is 4.93. The molecule has 1 saturated carbocycles. The van der Waals surface area contributed by atoms with Crippen molar-refractivity contribution in [2.75, 3.05) is 31.6 Å². The summed E-state index contributed by atoms with van der Waals surface area (Å²) in [7, 11) is 1.64. The van der Waals surface area contributed by atoms with Gasteiger partial charge in [0.1, 0.15) is 6.61 Å². The zero-order chi connectivity index (χ0) is 22.9. The maximum atomic E-state index is 13.9. The predicted octanol–water partition coefficient (Wildman–Crippen LogP) is 2.65. The number of aromatic nitrogens is 3. The summed E-state index contributed by atoms with van der Waals surface area (Å²) < 4.78 is 38.7. The number of hydrogen-bond donors (Lipinski definition) is 2. The van der Waals surface area contributed by atoms with Crippen LogP contribution >= 0.6 is 0 Å². The minimum Gasteiger partial charge on any atom is -0.455 e. The maximum absolute atomic E-state index is 13.9. The van der Waals surface area contributed by atoms with E-state index in [0.717, 1.165) is 12.8 Å². The molecule has 9 nitrogen and oxygen atoms in total. The largest absolute Gasteiger partial charge is 0.455 e. The standard InChI is InChI=1S/C21H29F2N7O2/c1-3-14-16(30-10-4-9-21(22,23)12-30)8-7-15(26-14)18(24)17(29(2)25)11-31-20-27-19(32-28-20)13-5-6-13/h7-8,13H,3-6,9-12,24-25H2,1-2H3/b18-17-. The second-order valence-electron chi connectivity index (χ2n) is 8.35. The number of piperidine rings is 1. The van der Waals surface area contributed by atoms with Crippen LogP contribution in [0.3, 0.4) is 0 Å². The topological polar surface area (TPSA) is 120 Å². The highest BCUT2D eigenvalue weighted by Crippen LogP contribution is 2.39. The fourth-order valence-corrected chi connectivity index (χ4v) is 3.79. The van der Waals surface area contributed by atoms with E-state index in [2.05, 4.69) is 15.1 Å². The van der Waals surface area contributed by atoms with Gasteiger partial charge in [0.25, 0.3) is 5.92 Å². The van der Waals surface area contributed by atoms with Gasteiger partial charge in [0.05, 0.1) is 35.0 Å². The van der Waals surface area contributed by atoms with Crippen LogP contribution in [0.5, 0.6) is 6.01 Å². The number of hydrazine groups is 1. The first-order valence-corrected chi connectivity index (χ1v) is 10.8. The van der Waals surface area contributed by atoms with Crippen LogP contribution in [0.4, 0.5) is 14.5 Å². The van der Waals surface area contributed by atoms with Crippen LogP contribution in [-0.4, -0.2) is 52.8 Å². The monoisotopic (exact) mass is 449 g/mol. The molecule has 174 valence electrons. The lowest BCUT2D eigenvalue weighted by Crippen LogP contribution is -2.43. The van der Waals surface area contributed by atoms with Crippen LogP contribution in [0.1, 0.15) is 55.8 Å². The Labute approximate surface area is 185 Å².